The van der Waals surface area contributed by atoms with Crippen LogP contribution in [0.25, 0.3) is 0 Å². The van der Waals surface area contributed by atoms with Crippen LogP contribution in [0, 0.1) is 18.2 Å². The number of halogens is 2. The molecule has 0 aliphatic heterocycles. The first kappa shape index (κ1) is 17.5. The quantitative estimate of drug-likeness (QED) is 0.735. The normalized spacial score (nSPS) is 12.2. The lowest BCUT2D eigenvalue weighted by Gasteiger charge is -2.25. The molecule has 1 N–H and O–H groups in total. The van der Waals surface area contributed by atoms with Gasteiger partial charge in [-0.15, -0.1) is 0 Å². The van der Waals surface area contributed by atoms with Gasteiger partial charge in [-0.3, -0.25) is 0 Å². The molecule has 0 atom stereocenters. The van der Waals surface area contributed by atoms with Crippen LogP contribution in [0.1, 0.15) is 51.7 Å². The van der Waals surface area contributed by atoms with E-state index in [1.54, 1.807) is 6.92 Å². The van der Waals surface area contributed by atoms with Crippen LogP contribution in [0.2, 0.25) is 5.02 Å². The van der Waals surface area contributed by atoms with Gasteiger partial charge in [-0.25, -0.2) is 4.39 Å². The molecule has 0 fully saturated rings. The summed E-state index contributed by atoms with van der Waals surface area (Å²) in [5, 5.41) is 4.00. The fourth-order valence-electron chi connectivity index (χ4n) is 2.21. The zero-order valence-electron chi connectivity index (χ0n) is 13.3. The molecule has 0 saturated heterocycles. The Balaban J connectivity index is 2.55. The highest BCUT2D eigenvalue weighted by Gasteiger charge is 2.18. The molecule has 0 spiro atoms. The predicted octanol–water partition coefficient (Wildman–Crippen LogP) is 5.13. The second kappa shape index (κ2) is 7.42. The van der Waals surface area contributed by atoms with E-state index < -0.39 is 0 Å². The second-order valence-electron chi connectivity index (χ2n) is 6.72. The lowest BCUT2D eigenvalue weighted by atomic mass is 9.83. The predicted molar refractivity (Wildman–Crippen MR) is 86.0 cm³/mol. The monoisotopic (exact) mass is 299 g/mol. The minimum absolute atomic E-state index is 0.223. The van der Waals surface area contributed by atoms with Crippen LogP contribution < -0.4 is 5.32 Å². The van der Waals surface area contributed by atoms with Crippen molar-refractivity contribution in [3.63, 3.8) is 0 Å². The first-order chi connectivity index (χ1) is 9.21. The fraction of sp³-hybridized carbons (Fsp3) is 0.647. The SMILES string of the molecule is Cc1cc(CCC(C)(C)CCNC(C)C)c(Cl)cc1F. The van der Waals surface area contributed by atoms with Gasteiger partial charge in [0.05, 0.1) is 0 Å². The maximum atomic E-state index is 13.4. The lowest BCUT2D eigenvalue weighted by molar-refractivity contribution is 0.298. The minimum atomic E-state index is -0.223. The molecule has 1 rings (SSSR count). The molecule has 0 bridgehead atoms. The molecule has 0 radical (unpaired) electrons. The van der Waals surface area contributed by atoms with Gasteiger partial charge in [0, 0.05) is 11.1 Å². The van der Waals surface area contributed by atoms with Crippen molar-refractivity contribution in [1.82, 2.24) is 5.32 Å². The van der Waals surface area contributed by atoms with E-state index in [2.05, 4.69) is 33.0 Å². The average Bonchev–Trinajstić information content (AvgIpc) is 2.31. The molecule has 1 nitrogen and oxygen atoms in total. The van der Waals surface area contributed by atoms with Crippen LogP contribution in [0.15, 0.2) is 12.1 Å². The molecule has 0 aliphatic carbocycles. The molecule has 20 heavy (non-hydrogen) atoms. The summed E-state index contributed by atoms with van der Waals surface area (Å²) in [5.74, 6) is -0.223. The van der Waals surface area contributed by atoms with E-state index in [0.717, 1.165) is 31.4 Å². The molecule has 3 heteroatoms. The Kier molecular flexibility index (Phi) is 6.47. The van der Waals surface area contributed by atoms with Gasteiger partial charge in [-0.05, 0) is 55.3 Å². The Morgan fingerprint density at radius 2 is 1.90 bits per heavy atom. The molecule has 0 aromatic heterocycles. The van der Waals surface area contributed by atoms with Crippen LogP contribution in [-0.2, 0) is 6.42 Å². The first-order valence-corrected chi connectivity index (χ1v) is 7.77. The molecule has 1 aromatic rings. The summed E-state index contributed by atoms with van der Waals surface area (Å²) < 4.78 is 13.4. The Morgan fingerprint density at radius 3 is 2.50 bits per heavy atom. The van der Waals surface area contributed by atoms with Crippen molar-refractivity contribution >= 4 is 11.6 Å². The molecule has 0 unspecified atom stereocenters. The Bertz CT molecular complexity index is 441. The van der Waals surface area contributed by atoms with Crippen LogP contribution in [-0.4, -0.2) is 12.6 Å². The highest BCUT2D eigenvalue weighted by molar-refractivity contribution is 6.31. The molecule has 1 aromatic carbocycles. The number of aryl methyl sites for hydroxylation is 2. The fourth-order valence-corrected chi connectivity index (χ4v) is 2.45. The molecule has 114 valence electrons. The largest absolute Gasteiger partial charge is 0.315 e. The Hall–Kier alpha value is -0.600. The van der Waals surface area contributed by atoms with E-state index >= 15 is 0 Å². The smallest absolute Gasteiger partial charge is 0.127 e. The van der Waals surface area contributed by atoms with Gasteiger partial charge in [0.15, 0.2) is 0 Å². The van der Waals surface area contributed by atoms with Crippen LogP contribution in [0.5, 0.6) is 0 Å². The molecule has 0 aliphatic rings. The summed E-state index contributed by atoms with van der Waals surface area (Å²) in [7, 11) is 0. The maximum absolute atomic E-state index is 13.4. The van der Waals surface area contributed by atoms with Crippen molar-refractivity contribution < 1.29 is 4.39 Å². The highest BCUT2D eigenvalue weighted by Crippen LogP contribution is 2.29. The number of benzene rings is 1. The van der Waals surface area contributed by atoms with Gasteiger partial charge in [0.1, 0.15) is 5.82 Å². The third-order valence-electron chi connectivity index (χ3n) is 3.75. The van der Waals surface area contributed by atoms with E-state index in [1.165, 1.54) is 6.07 Å². The zero-order valence-corrected chi connectivity index (χ0v) is 14.1. The number of nitrogens with one attached hydrogen (secondary N) is 1. The van der Waals surface area contributed by atoms with Gasteiger partial charge >= 0.3 is 0 Å². The van der Waals surface area contributed by atoms with Gasteiger partial charge in [0.2, 0.25) is 0 Å². The molecular weight excluding hydrogens is 273 g/mol. The topological polar surface area (TPSA) is 12.0 Å². The first-order valence-electron chi connectivity index (χ1n) is 7.39. The summed E-state index contributed by atoms with van der Waals surface area (Å²) in [4.78, 5) is 0. The van der Waals surface area contributed by atoms with E-state index in [-0.39, 0.29) is 11.2 Å². The molecule has 0 saturated carbocycles. The van der Waals surface area contributed by atoms with E-state index in [4.69, 9.17) is 11.6 Å². The number of hydrogen-bond acceptors (Lipinski definition) is 1. The summed E-state index contributed by atoms with van der Waals surface area (Å²) in [6, 6.07) is 3.83. The van der Waals surface area contributed by atoms with Crippen LogP contribution in [0.4, 0.5) is 4.39 Å². The van der Waals surface area contributed by atoms with E-state index in [9.17, 15) is 4.39 Å². The van der Waals surface area contributed by atoms with Crippen LogP contribution in [0.3, 0.4) is 0 Å². The Labute approximate surface area is 127 Å². The van der Waals surface area contributed by atoms with E-state index in [1.807, 2.05) is 6.07 Å². The van der Waals surface area contributed by atoms with Crippen LogP contribution >= 0.6 is 11.6 Å². The highest BCUT2D eigenvalue weighted by atomic mass is 35.5. The van der Waals surface area contributed by atoms with Crippen molar-refractivity contribution in [2.45, 2.75) is 59.9 Å². The van der Waals surface area contributed by atoms with Gasteiger partial charge in [0.25, 0.3) is 0 Å². The lowest BCUT2D eigenvalue weighted by Crippen LogP contribution is -2.28. The average molecular weight is 300 g/mol. The van der Waals surface area contributed by atoms with E-state index in [0.29, 0.717) is 16.6 Å². The summed E-state index contributed by atoms with van der Waals surface area (Å²) in [6.07, 6.45) is 3.08. The third-order valence-corrected chi connectivity index (χ3v) is 4.10. The maximum Gasteiger partial charge on any atom is 0.127 e. The minimum Gasteiger partial charge on any atom is -0.315 e. The van der Waals surface area contributed by atoms with Crippen molar-refractivity contribution in [2.75, 3.05) is 6.54 Å². The van der Waals surface area contributed by atoms with Gasteiger partial charge < -0.3 is 5.32 Å². The second-order valence-corrected chi connectivity index (χ2v) is 7.12. The van der Waals surface area contributed by atoms with Crippen molar-refractivity contribution in [3.05, 3.63) is 34.1 Å². The standard InChI is InChI=1S/C17H27ClFN/c1-12(2)20-9-8-17(4,5)7-6-14-10-13(3)16(19)11-15(14)18/h10-12,20H,6-9H2,1-5H3. The van der Waals surface area contributed by atoms with Gasteiger partial charge in [-0.2, -0.15) is 0 Å². The van der Waals surface area contributed by atoms with Crippen molar-refractivity contribution in [1.29, 1.82) is 0 Å². The van der Waals surface area contributed by atoms with Crippen molar-refractivity contribution in [2.24, 2.45) is 5.41 Å². The zero-order chi connectivity index (χ0) is 15.3. The molecule has 0 heterocycles. The van der Waals surface area contributed by atoms with Crippen molar-refractivity contribution in [3.8, 4) is 0 Å². The number of hydrogen-bond donors (Lipinski definition) is 1. The third kappa shape index (κ3) is 5.80. The Morgan fingerprint density at radius 1 is 1.25 bits per heavy atom. The molecular formula is C17H27ClFN. The summed E-state index contributed by atoms with van der Waals surface area (Å²) >= 11 is 6.12. The van der Waals surface area contributed by atoms with Gasteiger partial charge in [-0.1, -0.05) is 45.4 Å². The summed E-state index contributed by atoms with van der Waals surface area (Å²) in [5.41, 5.74) is 1.98. The molecule has 0 amide bonds. The number of rotatable bonds is 7. The summed E-state index contributed by atoms with van der Waals surface area (Å²) in [6.45, 7) is 11.7.